The van der Waals surface area contributed by atoms with Crippen molar-refractivity contribution in [2.24, 2.45) is 0 Å². The van der Waals surface area contributed by atoms with E-state index in [4.69, 9.17) is 16.3 Å². The number of benzene rings is 1. The molecule has 70 valence electrons. The van der Waals surface area contributed by atoms with Crippen LogP contribution in [0.25, 0.3) is 5.57 Å². The largest absolute Gasteiger partial charge is 0.496 e. The molecule has 0 saturated heterocycles. The third kappa shape index (κ3) is 2.48. The molecule has 0 aliphatic heterocycles. The number of allylic oxidation sites excluding steroid dienone is 1. The lowest BCUT2D eigenvalue weighted by atomic mass is 10.1. The van der Waals surface area contributed by atoms with Crippen molar-refractivity contribution in [1.29, 1.82) is 0 Å². The van der Waals surface area contributed by atoms with E-state index in [0.29, 0.717) is 5.02 Å². The molecule has 0 atom stereocenters. The van der Waals surface area contributed by atoms with E-state index in [-0.39, 0.29) is 0 Å². The zero-order chi connectivity index (χ0) is 9.84. The SMILES string of the molecule is C=C(CBr)c1ccc(Cl)cc1OC. The smallest absolute Gasteiger partial charge is 0.127 e. The second-order valence-corrected chi connectivity index (χ2v) is 3.58. The third-order valence-corrected chi connectivity index (χ3v) is 2.62. The summed E-state index contributed by atoms with van der Waals surface area (Å²) in [6.07, 6.45) is 0. The molecular formula is C10H10BrClO. The first kappa shape index (κ1) is 10.6. The number of hydrogen-bond acceptors (Lipinski definition) is 1. The Morgan fingerprint density at radius 3 is 2.85 bits per heavy atom. The molecule has 0 amide bonds. The van der Waals surface area contributed by atoms with Crippen molar-refractivity contribution in [2.75, 3.05) is 12.4 Å². The van der Waals surface area contributed by atoms with Gasteiger partial charge in [-0.15, -0.1) is 0 Å². The Kier molecular flexibility index (Phi) is 3.82. The van der Waals surface area contributed by atoms with Crippen LogP contribution in [-0.2, 0) is 0 Å². The van der Waals surface area contributed by atoms with Gasteiger partial charge in [0.25, 0.3) is 0 Å². The van der Waals surface area contributed by atoms with E-state index in [1.165, 1.54) is 0 Å². The average molecular weight is 262 g/mol. The number of hydrogen-bond donors (Lipinski definition) is 0. The normalized spacial score (nSPS) is 9.77. The quantitative estimate of drug-likeness (QED) is 0.753. The molecule has 3 heteroatoms. The van der Waals surface area contributed by atoms with Crippen LogP contribution in [0.1, 0.15) is 5.56 Å². The zero-order valence-corrected chi connectivity index (χ0v) is 9.65. The van der Waals surface area contributed by atoms with E-state index in [1.54, 1.807) is 13.2 Å². The molecular weight excluding hydrogens is 251 g/mol. The lowest BCUT2D eigenvalue weighted by Gasteiger charge is -2.09. The van der Waals surface area contributed by atoms with E-state index in [1.807, 2.05) is 12.1 Å². The molecule has 1 rings (SSSR count). The number of methoxy groups -OCH3 is 1. The Hall–Kier alpha value is -0.470. The number of alkyl halides is 1. The maximum atomic E-state index is 5.82. The predicted molar refractivity (Wildman–Crippen MR) is 60.8 cm³/mol. The van der Waals surface area contributed by atoms with Crippen molar-refractivity contribution in [3.63, 3.8) is 0 Å². The zero-order valence-electron chi connectivity index (χ0n) is 7.31. The first-order valence-electron chi connectivity index (χ1n) is 3.76. The molecule has 0 unspecified atom stereocenters. The lowest BCUT2D eigenvalue weighted by molar-refractivity contribution is 0.413. The Morgan fingerprint density at radius 2 is 2.31 bits per heavy atom. The van der Waals surface area contributed by atoms with Gasteiger partial charge in [0, 0.05) is 15.9 Å². The summed E-state index contributed by atoms with van der Waals surface area (Å²) in [7, 11) is 1.62. The highest BCUT2D eigenvalue weighted by Crippen LogP contribution is 2.28. The minimum Gasteiger partial charge on any atom is -0.496 e. The van der Waals surface area contributed by atoms with Crippen LogP contribution < -0.4 is 4.74 Å². The van der Waals surface area contributed by atoms with E-state index in [2.05, 4.69) is 22.5 Å². The molecule has 0 bridgehead atoms. The lowest BCUT2D eigenvalue weighted by Crippen LogP contribution is -1.91. The first-order chi connectivity index (χ1) is 6.19. The topological polar surface area (TPSA) is 9.23 Å². The van der Waals surface area contributed by atoms with Gasteiger partial charge in [-0.25, -0.2) is 0 Å². The van der Waals surface area contributed by atoms with Crippen molar-refractivity contribution < 1.29 is 4.74 Å². The van der Waals surface area contributed by atoms with Crippen LogP contribution in [0.2, 0.25) is 5.02 Å². The van der Waals surface area contributed by atoms with E-state index in [9.17, 15) is 0 Å². The van der Waals surface area contributed by atoms with Crippen LogP contribution in [0.15, 0.2) is 24.8 Å². The molecule has 0 N–H and O–H groups in total. The fraction of sp³-hybridized carbons (Fsp3) is 0.200. The van der Waals surface area contributed by atoms with Gasteiger partial charge < -0.3 is 4.74 Å². The summed E-state index contributed by atoms with van der Waals surface area (Å²) in [6.45, 7) is 3.91. The number of rotatable bonds is 3. The summed E-state index contributed by atoms with van der Waals surface area (Å²) in [5.74, 6) is 0.761. The van der Waals surface area contributed by atoms with E-state index < -0.39 is 0 Å². The fourth-order valence-electron chi connectivity index (χ4n) is 1.03. The predicted octanol–water partition coefficient (Wildman–Crippen LogP) is 3.76. The molecule has 0 fully saturated rings. The van der Waals surface area contributed by atoms with Crippen molar-refractivity contribution in [3.8, 4) is 5.75 Å². The van der Waals surface area contributed by atoms with E-state index in [0.717, 1.165) is 22.2 Å². The van der Waals surface area contributed by atoms with Crippen molar-refractivity contribution in [2.45, 2.75) is 0 Å². The average Bonchev–Trinajstić information content (AvgIpc) is 2.16. The van der Waals surface area contributed by atoms with Crippen LogP contribution in [0.4, 0.5) is 0 Å². The standard InChI is InChI=1S/C10H10BrClO/c1-7(6-11)9-4-3-8(12)5-10(9)13-2/h3-5H,1,6H2,2H3. The molecule has 1 aromatic carbocycles. The van der Waals surface area contributed by atoms with Gasteiger partial charge in [-0.05, 0) is 23.8 Å². The molecule has 0 saturated carbocycles. The Morgan fingerprint density at radius 1 is 1.62 bits per heavy atom. The summed E-state index contributed by atoms with van der Waals surface area (Å²) in [4.78, 5) is 0. The summed E-state index contributed by atoms with van der Waals surface area (Å²) < 4.78 is 5.18. The first-order valence-corrected chi connectivity index (χ1v) is 5.26. The maximum absolute atomic E-state index is 5.82. The molecule has 13 heavy (non-hydrogen) atoms. The van der Waals surface area contributed by atoms with Gasteiger partial charge in [0.2, 0.25) is 0 Å². The molecule has 0 heterocycles. The Bertz CT molecular complexity index is 323. The monoisotopic (exact) mass is 260 g/mol. The van der Waals surface area contributed by atoms with Crippen LogP contribution in [0.5, 0.6) is 5.75 Å². The molecule has 0 aliphatic rings. The summed E-state index contributed by atoms with van der Waals surface area (Å²) in [5.41, 5.74) is 1.97. The molecule has 0 aromatic heterocycles. The van der Waals surface area contributed by atoms with Crippen LogP contribution in [0.3, 0.4) is 0 Å². The van der Waals surface area contributed by atoms with Crippen molar-refractivity contribution in [1.82, 2.24) is 0 Å². The molecule has 0 radical (unpaired) electrons. The highest BCUT2D eigenvalue weighted by molar-refractivity contribution is 9.09. The highest BCUT2D eigenvalue weighted by Gasteiger charge is 2.05. The summed E-state index contributed by atoms with van der Waals surface area (Å²) >= 11 is 9.17. The van der Waals surface area contributed by atoms with Crippen LogP contribution >= 0.6 is 27.5 Å². The van der Waals surface area contributed by atoms with E-state index >= 15 is 0 Å². The minimum absolute atomic E-state index is 0.669. The molecule has 0 spiro atoms. The van der Waals surface area contributed by atoms with Gasteiger partial charge >= 0.3 is 0 Å². The Balaban J connectivity index is 3.13. The molecule has 0 aliphatic carbocycles. The van der Waals surface area contributed by atoms with Gasteiger partial charge in [0.15, 0.2) is 0 Å². The fourth-order valence-corrected chi connectivity index (χ4v) is 1.49. The molecule has 1 aromatic rings. The number of ether oxygens (including phenoxy) is 1. The second-order valence-electron chi connectivity index (χ2n) is 2.58. The van der Waals surface area contributed by atoms with Gasteiger partial charge in [-0.1, -0.05) is 34.1 Å². The minimum atomic E-state index is 0.669. The van der Waals surface area contributed by atoms with Crippen LogP contribution in [0, 0.1) is 0 Å². The van der Waals surface area contributed by atoms with Gasteiger partial charge in [0.05, 0.1) is 7.11 Å². The summed E-state index contributed by atoms with van der Waals surface area (Å²) in [6, 6.07) is 5.52. The highest BCUT2D eigenvalue weighted by atomic mass is 79.9. The van der Waals surface area contributed by atoms with Crippen LogP contribution in [-0.4, -0.2) is 12.4 Å². The maximum Gasteiger partial charge on any atom is 0.127 e. The number of halogens is 2. The van der Waals surface area contributed by atoms with Gasteiger partial charge in [-0.2, -0.15) is 0 Å². The van der Waals surface area contributed by atoms with Gasteiger partial charge in [0.1, 0.15) is 5.75 Å². The third-order valence-electron chi connectivity index (χ3n) is 1.71. The summed E-state index contributed by atoms with van der Waals surface area (Å²) in [5, 5.41) is 1.40. The Labute approximate surface area is 91.5 Å². The second kappa shape index (κ2) is 4.68. The van der Waals surface area contributed by atoms with Crippen molar-refractivity contribution >= 4 is 33.1 Å². The van der Waals surface area contributed by atoms with Crippen molar-refractivity contribution in [3.05, 3.63) is 35.4 Å². The van der Waals surface area contributed by atoms with Gasteiger partial charge in [-0.3, -0.25) is 0 Å². The molecule has 1 nitrogen and oxygen atoms in total.